The number of nitrogens with zero attached hydrogens (tertiary/aromatic N) is 4. The zero-order valence-electron chi connectivity index (χ0n) is 39.2. The summed E-state index contributed by atoms with van der Waals surface area (Å²) in [4.78, 5) is 9.34. The van der Waals surface area contributed by atoms with Crippen LogP contribution in [0.25, 0.3) is 43.9 Å². The zero-order valence-corrected chi connectivity index (χ0v) is 39.2. The molecule has 11 aromatic carbocycles. The van der Waals surface area contributed by atoms with Gasteiger partial charge >= 0.3 is 0 Å². The second-order valence-electron chi connectivity index (χ2n) is 17.7. The van der Waals surface area contributed by atoms with E-state index >= 15 is 0 Å². The molecule has 6 nitrogen and oxygen atoms in total. The first-order chi connectivity index (χ1) is 35.7. The van der Waals surface area contributed by atoms with Crippen LogP contribution in [0, 0.1) is 0 Å². The van der Waals surface area contributed by atoms with E-state index in [4.69, 9.17) is 8.83 Å². The first-order valence-electron chi connectivity index (χ1n) is 24.2. The van der Waals surface area contributed by atoms with Gasteiger partial charge in [-0.3, -0.25) is 0 Å². The van der Waals surface area contributed by atoms with E-state index in [1.165, 1.54) is 0 Å². The van der Waals surface area contributed by atoms with E-state index in [1.54, 1.807) is 0 Å². The highest BCUT2D eigenvalue weighted by Gasteiger charge is 2.27. The fourth-order valence-electron chi connectivity index (χ4n) is 10.2. The Kier molecular flexibility index (Phi) is 10.7. The van der Waals surface area contributed by atoms with E-state index in [-0.39, 0.29) is 0 Å². The lowest BCUT2D eigenvalue weighted by atomic mass is 10.0. The maximum absolute atomic E-state index is 6.84. The molecule has 2 aromatic heterocycles. The van der Waals surface area contributed by atoms with Crippen LogP contribution in [0.2, 0.25) is 0 Å². The average molecular weight is 927 g/mol. The molecular weight excluding hydrogens is 881 g/mol. The Morgan fingerprint density at radius 2 is 0.472 bits per heavy atom. The Bertz CT molecular complexity index is 3910. The third kappa shape index (κ3) is 7.64. The van der Waals surface area contributed by atoms with Crippen molar-refractivity contribution in [1.29, 1.82) is 0 Å². The molecule has 0 radical (unpaired) electrons. The number of hydrogen-bond donors (Lipinski definition) is 0. The maximum Gasteiger partial charge on any atom is 0.139 e. The van der Waals surface area contributed by atoms with Crippen molar-refractivity contribution in [1.82, 2.24) is 0 Å². The summed E-state index contributed by atoms with van der Waals surface area (Å²) in [7, 11) is 0. The van der Waals surface area contributed by atoms with Gasteiger partial charge in [0.05, 0.1) is 33.5 Å². The molecule has 0 aliphatic rings. The highest BCUT2D eigenvalue weighted by atomic mass is 16.3. The van der Waals surface area contributed by atoms with E-state index in [0.717, 1.165) is 112 Å². The fraction of sp³-hybridized carbons (Fsp3) is 0. The molecule has 6 heteroatoms. The number of para-hydroxylation sites is 8. The molecule has 0 spiro atoms. The molecule has 0 saturated carbocycles. The van der Waals surface area contributed by atoms with Gasteiger partial charge in [-0.15, -0.1) is 0 Å². The Morgan fingerprint density at radius 3 is 0.847 bits per heavy atom. The van der Waals surface area contributed by atoms with Crippen LogP contribution >= 0.6 is 0 Å². The minimum atomic E-state index is 0.788. The lowest BCUT2D eigenvalue weighted by Gasteiger charge is -2.32. The Balaban J connectivity index is 1.05. The highest BCUT2D eigenvalue weighted by Crippen LogP contribution is 2.50. The number of furan rings is 2. The van der Waals surface area contributed by atoms with Gasteiger partial charge in [0.2, 0.25) is 0 Å². The Hall–Kier alpha value is -9.78. The van der Waals surface area contributed by atoms with Crippen LogP contribution in [0.15, 0.2) is 288 Å². The van der Waals surface area contributed by atoms with E-state index in [2.05, 4.69) is 287 Å². The molecule has 13 aromatic rings. The van der Waals surface area contributed by atoms with Crippen LogP contribution in [0.4, 0.5) is 68.2 Å². The summed E-state index contributed by atoms with van der Waals surface area (Å²) in [6.45, 7) is 0. The van der Waals surface area contributed by atoms with Gasteiger partial charge in [0, 0.05) is 68.4 Å². The van der Waals surface area contributed by atoms with E-state index in [0.29, 0.717) is 0 Å². The molecule has 0 N–H and O–H groups in total. The smallest absolute Gasteiger partial charge is 0.139 e. The largest absolute Gasteiger partial charge is 0.456 e. The zero-order chi connectivity index (χ0) is 47.8. The van der Waals surface area contributed by atoms with Crippen molar-refractivity contribution in [3.8, 4) is 0 Å². The fourth-order valence-corrected chi connectivity index (χ4v) is 10.2. The predicted molar refractivity (Wildman–Crippen MR) is 300 cm³/mol. The van der Waals surface area contributed by atoms with E-state index in [1.807, 2.05) is 12.1 Å². The van der Waals surface area contributed by atoms with Gasteiger partial charge in [-0.1, -0.05) is 152 Å². The van der Waals surface area contributed by atoms with Crippen molar-refractivity contribution in [2.24, 2.45) is 0 Å². The van der Waals surface area contributed by atoms with Crippen LogP contribution < -0.4 is 19.6 Å². The summed E-state index contributed by atoms with van der Waals surface area (Å²) < 4.78 is 13.7. The standard InChI is InChI=1S/C66H46N4O2/c1-7-24-47(25-8-1)67(48-26-9-2-10-27-48)55-43-60(66-58-39-20-22-41-62(58)71-63(66)45-55)70(52-34-17-6-18-35-52)54-37-23-36-53(42-54)68(49-28-11-3-12-29-49)56-44-59(65-57-38-19-21-40-61(57)72-64(65)46-56)69(50-30-13-4-14-31-50)51-32-15-5-16-33-51/h1-46H. The molecule has 0 amide bonds. The third-order valence-corrected chi connectivity index (χ3v) is 13.3. The minimum absolute atomic E-state index is 0.788. The van der Waals surface area contributed by atoms with Crippen LogP contribution in [-0.2, 0) is 0 Å². The van der Waals surface area contributed by atoms with Crippen LogP contribution in [0.3, 0.4) is 0 Å². The molecule has 0 atom stereocenters. The van der Waals surface area contributed by atoms with E-state index < -0.39 is 0 Å². The SMILES string of the molecule is c1ccc(N(c2cccc(N(c3ccccc3)c3cc(N(c4ccccc4)c4ccccc4)cc4oc5ccccc5c34)c2)c2cc(N(c3ccccc3)c3ccccc3)c3c(c2)oc2ccccc23)cc1. The molecule has 0 fully saturated rings. The number of hydrogen-bond acceptors (Lipinski definition) is 6. The first kappa shape index (κ1) is 42.3. The van der Waals surface area contributed by atoms with Gasteiger partial charge in [-0.2, -0.15) is 0 Å². The van der Waals surface area contributed by atoms with Gasteiger partial charge in [-0.05, 0) is 115 Å². The van der Waals surface area contributed by atoms with Crippen LogP contribution in [0.5, 0.6) is 0 Å². The number of rotatable bonds is 12. The number of benzene rings is 11. The molecule has 72 heavy (non-hydrogen) atoms. The summed E-state index contributed by atoms with van der Waals surface area (Å²) >= 11 is 0. The summed E-state index contributed by atoms with van der Waals surface area (Å²) in [5.41, 5.74) is 15.2. The van der Waals surface area contributed by atoms with Crippen molar-refractivity contribution in [2.45, 2.75) is 0 Å². The van der Waals surface area contributed by atoms with Crippen molar-refractivity contribution in [2.75, 3.05) is 19.6 Å². The lowest BCUT2D eigenvalue weighted by Crippen LogP contribution is -2.15. The second-order valence-corrected chi connectivity index (χ2v) is 17.7. The monoisotopic (exact) mass is 926 g/mol. The molecule has 342 valence electrons. The molecule has 13 rings (SSSR count). The lowest BCUT2D eigenvalue weighted by molar-refractivity contribution is 0.668. The summed E-state index contributed by atoms with van der Waals surface area (Å²) in [6.07, 6.45) is 0. The topological polar surface area (TPSA) is 39.2 Å². The molecule has 2 heterocycles. The van der Waals surface area contributed by atoms with Crippen molar-refractivity contribution in [3.63, 3.8) is 0 Å². The third-order valence-electron chi connectivity index (χ3n) is 13.3. The number of fused-ring (bicyclic) bond motifs is 6. The van der Waals surface area contributed by atoms with Gasteiger partial charge in [0.25, 0.3) is 0 Å². The van der Waals surface area contributed by atoms with Gasteiger partial charge in [-0.25, -0.2) is 0 Å². The molecule has 0 bridgehead atoms. The van der Waals surface area contributed by atoms with Crippen molar-refractivity contribution < 1.29 is 8.83 Å². The van der Waals surface area contributed by atoms with Crippen molar-refractivity contribution >= 4 is 112 Å². The van der Waals surface area contributed by atoms with Gasteiger partial charge in [0.15, 0.2) is 0 Å². The first-order valence-corrected chi connectivity index (χ1v) is 24.2. The molecule has 0 aliphatic carbocycles. The van der Waals surface area contributed by atoms with Crippen LogP contribution in [-0.4, -0.2) is 0 Å². The molecule has 0 aliphatic heterocycles. The molecule has 0 unspecified atom stereocenters. The van der Waals surface area contributed by atoms with Crippen LogP contribution in [0.1, 0.15) is 0 Å². The summed E-state index contributed by atoms with van der Waals surface area (Å²) in [5.74, 6) is 0. The normalized spacial score (nSPS) is 11.3. The quantitative estimate of drug-likeness (QED) is 0.122. The maximum atomic E-state index is 6.84. The van der Waals surface area contributed by atoms with Gasteiger partial charge < -0.3 is 28.4 Å². The minimum Gasteiger partial charge on any atom is -0.456 e. The Labute approximate surface area is 417 Å². The molecule has 0 saturated heterocycles. The van der Waals surface area contributed by atoms with Gasteiger partial charge in [0.1, 0.15) is 22.3 Å². The van der Waals surface area contributed by atoms with E-state index in [9.17, 15) is 0 Å². The number of anilines is 12. The summed E-state index contributed by atoms with van der Waals surface area (Å²) in [5, 5.41) is 4.15. The summed E-state index contributed by atoms with van der Waals surface area (Å²) in [6, 6.07) is 98.0. The van der Waals surface area contributed by atoms with Crippen molar-refractivity contribution in [3.05, 3.63) is 279 Å². The molecular formula is C66H46N4O2. The predicted octanol–water partition coefficient (Wildman–Crippen LogP) is 19.4. The Morgan fingerprint density at radius 1 is 0.194 bits per heavy atom. The second kappa shape index (κ2) is 18.3. The highest BCUT2D eigenvalue weighted by molar-refractivity contribution is 6.16. The average Bonchev–Trinajstić information content (AvgIpc) is 4.02.